The number of esters is 1. The van der Waals surface area contributed by atoms with E-state index in [1.807, 2.05) is 19.1 Å². The third-order valence-electron chi connectivity index (χ3n) is 3.42. The van der Waals surface area contributed by atoms with Gasteiger partial charge in [-0.3, -0.25) is 0 Å². The van der Waals surface area contributed by atoms with Gasteiger partial charge in [0.05, 0.1) is 6.61 Å². The van der Waals surface area contributed by atoms with Gasteiger partial charge in [0.15, 0.2) is 0 Å². The van der Waals surface area contributed by atoms with Crippen molar-refractivity contribution in [3.8, 4) is 5.75 Å². The van der Waals surface area contributed by atoms with Gasteiger partial charge in [-0.2, -0.15) is 0 Å². The molecule has 0 unspecified atom stereocenters. The van der Waals surface area contributed by atoms with Crippen LogP contribution in [-0.4, -0.2) is 24.8 Å². The van der Waals surface area contributed by atoms with Crippen molar-refractivity contribution in [2.24, 2.45) is 0 Å². The summed E-state index contributed by atoms with van der Waals surface area (Å²) in [5, 5.41) is 9.55. The first-order valence-corrected chi connectivity index (χ1v) is 6.50. The lowest BCUT2D eigenvalue weighted by Gasteiger charge is -2.28. The molecule has 4 heteroatoms. The van der Waals surface area contributed by atoms with Gasteiger partial charge in [-0.1, -0.05) is 18.2 Å². The topological polar surface area (TPSA) is 55.8 Å². The number of hydrogen-bond donors (Lipinski definition) is 1. The van der Waals surface area contributed by atoms with Gasteiger partial charge < -0.3 is 14.6 Å². The zero-order valence-corrected chi connectivity index (χ0v) is 12.7. The predicted molar refractivity (Wildman–Crippen MR) is 77.7 cm³/mol. The second-order valence-electron chi connectivity index (χ2n) is 4.95. The average Bonchev–Trinajstić information content (AvgIpc) is 2.45. The number of hydrogen-bond acceptors (Lipinski definition) is 4. The maximum atomic E-state index is 11.9. The minimum Gasteiger partial charge on any atom is -0.423 e. The molecule has 0 fully saturated rings. The van der Waals surface area contributed by atoms with Crippen LogP contribution >= 0.6 is 0 Å². The molecule has 1 rings (SSSR count). The van der Waals surface area contributed by atoms with E-state index in [0.717, 1.165) is 5.56 Å². The number of ether oxygens (including phenoxy) is 2. The number of carbonyl (C=O) groups is 1. The van der Waals surface area contributed by atoms with E-state index in [9.17, 15) is 9.90 Å². The standard InChI is InChI=1S/C16H22O4/c1-6-12(3)15(18)20-14-9-11(2)7-8-13(14)16(4,10-17)19-5/h6-9,17H,10H2,1-5H3/b12-6+/t16-/m0/s1. The number of rotatable bonds is 5. The van der Waals surface area contributed by atoms with E-state index in [2.05, 4.69) is 0 Å². The number of aliphatic hydroxyl groups is 1. The minimum atomic E-state index is -0.910. The normalized spacial score (nSPS) is 14.8. The summed E-state index contributed by atoms with van der Waals surface area (Å²) in [4.78, 5) is 11.9. The van der Waals surface area contributed by atoms with Crippen molar-refractivity contribution in [3.05, 3.63) is 41.0 Å². The van der Waals surface area contributed by atoms with E-state index in [4.69, 9.17) is 9.47 Å². The molecule has 0 aliphatic carbocycles. The Morgan fingerprint density at radius 2 is 2.10 bits per heavy atom. The summed E-state index contributed by atoms with van der Waals surface area (Å²) >= 11 is 0. The Morgan fingerprint density at radius 3 is 2.60 bits per heavy atom. The Kier molecular flexibility index (Phi) is 5.48. The molecule has 4 nitrogen and oxygen atoms in total. The fraction of sp³-hybridized carbons (Fsp3) is 0.438. The molecule has 1 N–H and O–H groups in total. The van der Waals surface area contributed by atoms with E-state index in [-0.39, 0.29) is 6.61 Å². The Morgan fingerprint density at radius 1 is 1.45 bits per heavy atom. The Labute approximate surface area is 120 Å². The molecule has 1 aromatic rings. The van der Waals surface area contributed by atoms with Gasteiger partial charge in [-0.15, -0.1) is 0 Å². The van der Waals surface area contributed by atoms with Crippen LogP contribution < -0.4 is 4.74 Å². The first kappa shape index (κ1) is 16.4. The fourth-order valence-corrected chi connectivity index (χ4v) is 1.71. The molecular formula is C16H22O4. The molecule has 0 radical (unpaired) electrons. The highest BCUT2D eigenvalue weighted by Crippen LogP contribution is 2.33. The van der Waals surface area contributed by atoms with Crippen molar-refractivity contribution < 1.29 is 19.4 Å². The lowest BCUT2D eigenvalue weighted by Crippen LogP contribution is -2.30. The molecule has 0 heterocycles. The second-order valence-corrected chi connectivity index (χ2v) is 4.95. The molecule has 110 valence electrons. The second kappa shape index (κ2) is 6.68. The Bertz CT molecular complexity index is 513. The summed E-state index contributed by atoms with van der Waals surface area (Å²) in [5.74, 6) is 0.00495. The predicted octanol–water partition coefficient (Wildman–Crippen LogP) is 2.72. The van der Waals surface area contributed by atoms with Crippen LogP contribution in [-0.2, 0) is 15.1 Å². The van der Waals surface area contributed by atoms with Crippen LogP contribution in [0.4, 0.5) is 0 Å². The molecule has 0 aliphatic rings. The summed E-state index contributed by atoms with van der Waals surface area (Å²) in [6, 6.07) is 5.47. The Hall–Kier alpha value is -1.65. The molecule has 1 atom stereocenters. The third-order valence-corrected chi connectivity index (χ3v) is 3.42. The van der Waals surface area contributed by atoms with E-state index < -0.39 is 11.6 Å². The molecule has 0 aromatic heterocycles. The van der Waals surface area contributed by atoms with Crippen LogP contribution in [0.3, 0.4) is 0 Å². The summed E-state index contributed by atoms with van der Waals surface area (Å²) in [6.07, 6.45) is 1.69. The fourth-order valence-electron chi connectivity index (χ4n) is 1.71. The van der Waals surface area contributed by atoms with Crippen LogP contribution in [0.5, 0.6) is 5.75 Å². The largest absolute Gasteiger partial charge is 0.423 e. The van der Waals surface area contributed by atoms with E-state index in [0.29, 0.717) is 16.9 Å². The van der Waals surface area contributed by atoms with Gasteiger partial charge in [-0.25, -0.2) is 4.79 Å². The summed E-state index contributed by atoms with van der Waals surface area (Å²) < 4.78 is 10.8. The van der Waals surface area contributed by atoms with Crippen molar-refractivity contribution in [2.45, 2.75) is 33.3 Å². The number of benzene rings is 1. The van der Waals surface area contributed by atoms with Gasteiger partial charge in [0.1, 0.15) is 11.4 Å². The molecule has 0 aliphatic heterocycles. The lowest BCUT2D eigenvalue weighted by molar-refractivity contribution is -0.130. The lowest BCUT2D eigenvalue weighted by atomic mass is 9.94. The van der Waals surface area contributed by atoms with Crippen LogP contribution in [0.15, 0.2) is 29.8 Å². The van der Waals surface area contributed by atoms with Crippen molar-refractivity contribution in [2.75, 3.05) is 13.7 Å². The van der Waals surface area contributed by atoms with E-state index >= 15 is 0 Å². The zero-order valence-electron chi connectivity index (χ0n) is 12.7. The van der Waals surface area contributed by atoms with Crippen molar-refractivity contribution in [3.63, 3.8) is 0 Å². The number of carbonyl (C=O) groups excluding carboxylic acids is 1. The van der Waals surface area contributed by atoms with Crippen LogP contribution in [0.25, 0.3) is 0 Å². The first-order valence-electron chi connectivity index (χ1n) is 6.50. The molecule has 0 spiro atoms. The molecule has 0 saturated heterocycles. The van der Waals surface area contributed by atoms with Gasteiger partial charge in [-0.05, 0) is 39.3 Å². The SMILES string of the molecule is C/C=C(\C)C(=O)Oc1cc(C)ccc1[C@](C)(CO)OC. The highest BCUT2D eigenvalue weighted by atomic mass is 16.5. The molecule has 1 aromatic carbocycles. The number of allylic oxidation sites excluding steroid dienone is 1. The maximum Gasteiger partial charge on any atom is 0.338 e. The first-order chi connectivity index (χ1) is 9.37. The quantitative estimate of drug-likeness (QED) is 0.511. The highest BCUT2D eigenvalue weighted by molar-refractivity contribution is 5.89. The van der Waals surface area contributed by atoms with E-state index in [1.165, 1.54) is 7.11 Å². The summed E-state index contributed by atoms with van der Waals surface area (Å²) in [5.41, 5.74) is 1.23. The number of aliphatic hydroxyl groups excluding tert-OH is 1. The maximum absolute atomic E-state index is 11.9. The summed E-state index contributed by atoms with van der Waals surface area (Å²) in [7, 11) is 1.51. The highest BCUT2D eigenvalue weighted by Gasteiger charge is 2.29. The van der Waals surface area contributed by atoms with Gasteiger partial charge in [0.2, 0.25) is 0 Å². The Balaban J connectivity index is 3.24. The number of methoxy groups -OCH3 is 1. The summed E-state index contributed by atoms with van der Waals surface area (Å²) in [6.45, 7) is 6.92. The van der Waals surface area contributed by atoms with E-state index in [1.54, 1.807) is 32.9 Å². The molecule has 0 bridgehead atoms. The van der Waals surface area contributed by atoms with Crippen molar-refractivity contribution >= 4 is 5.97 Å². The van der Waals surface area contributed by atoms with Crippen LogP contribution in [0.1, 0.15) is 31.9 Å². The van der Waals surface area contributed by atoms with Crippen LogP contribution in [0, 0.1) is 6.92 Å². The smallest absolute Gasteiger partial charge is 0.338 e. The van der Waals surface area contributed by atoms with Gasteiger partial charge >= 0.3 is 5.97 Å². The monoisotopic (exact) mass is 278 g/mol. The number of aryl methyl sites for hydroxylation is 1. The molecule has 0 amide bonds. The molecular weight excluding hydrogens is 256 g/mol. The zero-order chi connectivity index (χ0) is 15.3. The molecule has 20 heavy (non-hydrogen) atoms. The van der Waals surface area contributed by atoms with Crippen molar-refractivity contribution in [1.82, 2.24) is 0 Å². The minimum absolute atomic E-state index is 0.209. The van der Waals surface area contributed by atoms with Gasteiger partial charge in [0, 0.05) is 18.2 Å². The van der Waals surface area contributed by atoms with Crippen molar-refractivity contribution in [1.29, 1.82) is 0 Å². The molecule has 0 saturated carbocycles. The van der Waals surface area contributed by atoms with Gasteiger partial charge in [0.25, 0.3) is 0 Å². The average molecular weight is 278 g/mol. The third kappa shape index (κ3) is 3.46. The van der Waals surface area contributed by atoms with Crippen LogP contribution in [0.2, 0.25) is 0 Å².